The van der Waals surface area contributed by atoms with Gasteiger partial charge in [-0.15, -0.1) is 0 Å². The Morgan fingerprint density at radius 1 is 1.00 bits per heavy atom. The SMILES string of the molecule is C[C@@H](NC(=S)Nc1nc(N2CCCC2)cc(N2CCOCC2)n1)c1ccccc1. The van der Waals surface area contributed by atoms with E-state index in [0.717, 1.165) is 51.0 Å². The molecule has 0 spiro atoms. The fraction of sp³-hybridized carbons (Fsp3) is 0.476. The summed E-state index contributed by atoms with van der Waals surface area (Å²) in [4.78, 5) is 14.1. The lowest BCUT2D eigenvalue weighted by Crippen LogP contribution is -2.37. The molecule has 0 saturated carbocycles. The maximum Gasteiger partial charge on any atom is 0.232 e. The molecule has 2 aliphatic heterocycles. The van der Waals surface area contributed by atoms with Crippen molar-refractivity contribution >= 4 is 34.9 Å². The van der Waals surface area contributed by atoms with Crippen molar-refractivity contribution in [2.24, 2.45) is 0 Å². The number of hydrogen-bond donors (Lipinski definition) is 2. The van der Waals surface area contributed by atoms with E-state index >= 15 is 0 Å². The molecule has 0 unspecified atom stereocenters. The van der Waals surface area contributed by atoms with Crippen LogP contribution in [0.2, 0.25) is 0 Å². The molecular formula is C21H28N6OS. The van der Waals surface area contributed by atoms with Crippen LogP contribution in [0.5, 0.6) is 0 Å². The topological polar surface area (TPSA) is 65.6 Å². The molecule has 4 rings (SSSR count). The molecule has 2 saturated heterocycles. The molecule has 0 amide bonds. The Hall–Kier alpha value is -2.45. The van der Waals surface area contributed by atoms with Gasteiger partial charge in [0.15, 0.2) is 5.11 Å². The molecule has 154 valence electrons. The minimum absolute atomic E-state index is 0.0941. The van der Waals surface area contributed by atoms with Crippen LogP contribution in [0, 0.1) is 0 Å². The summed E-state index contributed by atoms with van der Waals surface area (Å²) in [5.41, 5.74) is 1.18. The fourth-order valence-corrected chi connectivity index (χ4v) is 3.97. The van der Waals surface area contributed by atoms with E-state index in [1.807, 2.05) is 18.2 Å². The first-order valence-electron chi connectivity index (χ1n) is 10.3. The van der Waals surface area contributed by atoms with E-state index in [-0.39, 0.29) is 6.04 Å². The van der Waals surface area contributed by atoms with Crippen molar-refractivity contribution in [3.8, 4) is 0 Å². The monoisotopic (exact) mass is 412 g/mol. The Labute approximate surface area is 177 Å². The zero-order chi connectivity index (χ0) is 20.1. The van der Waals surface area contributed by atoms with Crippen LogP contribution in [0.1, 0.15) is 31.4 Å². The van der Waals surface area contributed by atoms with E-state index in [0.29, 0.717) is 11.1 Å². The first-order valence-corrected chi connectivity index (χ1v) is 10.7. The minimum atomic E-state index is 0.0941. The van der Waals surface area contributed by atoms with E-state index < -0.39 is 0 Å². The molecule has 1 aromatic heterocycles. The molecule has 2 fully saturated rings. The van der Waals surface area contributed by atoms with Gasteiger partial charge in [0, 0.05) is 32.2 Å². The second-order valence-electron chi connectivity index (χ2n) is 7.43. The highest BCUT2D eigenvalue weighted by Crippen LogP contribution is 2.25. The van der Waals surface area contributed by atoms with Gasteiger partial charge in [0.05, 0.1) is 19.3 Å². The van der Waals surface area contributed by atoms with Crippen LogP contribution in [0.25, 0.3) is 0 Å². The van der Waals surface area contributed by atoms with E-state index in [1.165, 1.54) is 18.4 Å². The molecule has 3 heterocycles. The number of benzene rings is 1. The van der Waals surface area contributed by atoms with Gasteiger partial charge in [-0.25, -0.2) is 0 Å². The zero-order valence-electron chi connectivity index (χ0n) is 16.8. The summed E-state index contributed by atoms with van der Waals surface area (Å²) in [6.45, 7) is 7.28. The Morgan fingerprint density at radius 2 is 1.62 bits per heavy atom. The van der Waals surface area contributed by atoms with Crippen LogP contribution < -0.4 is 20.4 Å². The van der Waals surface area contributed by atoms with Crippen molar-refractivity contribution < 1.29 is 4.74 Å². The normalized spacial score (nSPS) is 17.8. The second kappa shape index (κ2) is 9.37. The molecule has 0 bridgehead atoms. The smallest absolute Gasteiger partial charge is 0.232 e. The Morgan fingerprint density at radius 3 is 2.28 bits per heavy atom. The van der Waals surface area contributed by atoms with Gasteiger partial charge in [-0.3, -0.25) is 0 Å². The molecule has 29 heavy (non-hydrogen) atoms. The van der Waals surface area contributed by atoms with E-state index in [2.05, 4.69) is 45.6 Å². The molecule has 2 aliphatic rings. The number of morpholine rings is 1. The third-order valence-corrected chi connectivity index (χ3v) is 5.56. The first kappa shape index (κ1) is 19.8. The van der Waals surface area contributed by atoms with Crippen molar-refractivity contribution in [2.75, 3.05) is 54.5 Å². The predicted molar refractivity (Wildman–Crippen MR) is 121 cm³/mol. The summed E-state index contributed by atoms with van der Waals surface area (Å²) in [5, 5.41) is 7.05. The summed E-state index contributed by atoms with van der Waals surface area (Å²) >= 11 is 5.54. The van der Waals surface area contributed by atoms with Gasteiger partial charge in [0.1, 0.15) is 11.6 Å². The third-order valence-electron chi connectivity index (χ3n) is 5.34. The van der Waals surface area contributed by atoms with E-state index in [9.17, 15) is 0 Å². The summed E-state index contributed by atoms with van der Waals surface area (Å²) in [6, 6.07) is 12.4. The number of anilines is 3. The highest BCUT2D eigenvalue weighted by molar-refractivity contribution is 7.80. The minimum Gasteiger partial charge on any atom is -0.378 e. The number of nitrogens with one attached hydrogen (secondary N) is 2. The van der Waals surface area contributed by atoms with Gasteiger partial charge in [-0.2, -0.15) is 9.97 Å². The zero-order valence-corrected chi connectivity index (χ0v) is 17.6. The molecule has 8 heteroatoms. The van der Waals surface area contributed by atoms with E-state index in [4.69, 9.17) is 26.9 Å². The average Bonchev–Trinajstić information content (AvgIpc) is 3.30. The average molecular weight is 413 g/mol. The lowest BCUT2D eigenvalue weighted by atomic mass is 10.1. The van der Waals surface area contributed by atoms with Crippen molar-refractivity contribution in [3.63, 3.8) is 0 Å². The maximum atomic E-state index is 5.54. The number of nitrogens with zero attached hydrogens (tertiary/aromatic N) is 4. The Kier molecular flexibility index (Phi) is 6.41. The predicted octanol–water partition coefficient (Wildman–Crippen LogP) is 2.96. The van der Waals surface area contributed by atoms with Crippen LogP contribution >= 0.6 is 12.2 Å². The lowest BCUT2D eigenvalue weighted by molar-refractivity contribution is 0.122. The number of rotatable bonds is 5. The van der Waals surface area contributed by atoms with Gasteiger partial charge in [0.2, 0.25) is 5.95 Å². The van der Waals surface area contributed by atoms with Crippen molar-refractivity contribution in [1.29, 1.82) is 0 Å². The quantitative estimate of drug-likeness (QED) is 0.727. The van der Waals surface area contributed by atoms with Crippen LogP contribution in [-0.4, -0.2) is 54.5 Å². The van der Waals surface area contributed by atoms with Crippen LogP contribution in [0.4, 0.5) is 17.6 Å². The van der Waals surface area contributed by atoms with Gasteiger partial charge in [-0.1, -0.05) is 30.3 Å². The molecule has 2 aromatic rings. The van der Waals surface area contributed by atoms with Gasteiger partial charge in [-0.05, 0) is 37.5 Å². The Bertz CT molecular complexity index is 821. The molecule has 1 aromatic carbocycles. The van der Waals surface area contributed by atoms with Crippen LogP contribution in [0.3, 0.4) is 0 Å². The Balaban J connectivity index is 1.50. The molecular weight excluding hydrogens is 384 g/mol. The fourth-order valence-electron chi connectivity index (χ4n) is 3.70. The number of ether oxygens (including phenoxy) is 1. The summed E-state index contributed by atoms with van der Waals surface area (Å²) in [6.07, 6.45) is 2.41. The van der Waals surface area contributed by atoms with Gasteiger partial charge in [0.25, 0.3) is 0 Å². The highest BCUT2D eigenvalue weighted by Gasteiger charge is 2.20. The van der Waals surface area contributed by atoms with Gasteiger partial charge >= 0.3 is 0 Å². The van der Waals surface area contributed by atoms with Crippen LogP contribution in [-0.2, 0) is 4.74 Å². The highest BCUT2D eigenvalue weighted by atomic mass is 32.1. The summed E-state index contributed by atoms with van der Waals surface area (Å²) < 4.78 is 5.49. The van der Waals surface area contributed by atoms with Crippen molar-refractivity contribution in [1.82, 2.24) is 15.3 Å². The first-order chi connectivity index (χ1) is 14.2. The van der Waals surface area contributed by atoms with Gasteiger partial charge < -0.3 is 25.2 Å². The van der Waals surface area contributed by atoms with Crippen LogP contribution in [0.15, 0.2) is 36.4 Å². The standard InChI is InChI=1S/C21H28N6OS/c1-16(17-7-3-2-4-8-17)22-21(29)25-20-23-18(26-9-5-6-10-26)15-19(24-20)27-11-13-28-14-12-27/h2-4,7-8,15-16H,5-6,9-14H2,1H3,(H2,22,23,24,25,29)/t16-/m1/s1. The number of thiocarbonyl (C=S) groups is 1. The molecule has 7 nitrogen and oxygen atoms in total. The van der Waals surface area contributed by atoms with E-state index in [1.54, 1.807) is 0 Å². The van der Waals surface area contributed by atoms with Crippen molar-refractivity contribution in [2.45, 2.75) is 25.8 Å². The van der Waals surface area contributed by atoms with Crippen molar-refractivity contribution in [3.05, 3.63) is 42.0 Å². The lowest BCUT2D eigenvalue weighted by Gasteiger charge is -2.29. The maximum absolute atomic E-state index is 5.54. The number of hydrogen-bond acceptors (Lipinski definition) is 6. The largest absolute Gasteiger partial charge is 0.378 e. The number of aromatic nitrogens is 2. The second-order valence-corrected chi connectivity index (χ2v) is 7.84. The molecule has 0 radical (unpaired) electrons. The molecule has 2 N–H and O–H groups in total. The summed E-state index contributed by atoms with van der Waals surface area (Å²) in [5.74, 6) is 2.42. The molecule has 1 atom stereocenters. The molecule has 0 aliphatic carbocycles. The summed E-state index contributed by atoms with van der Waals surface area (Å²) in [7, 11) is 0. The third kappa shape index (κ3) is 5.13.